The van der Waals surface area contributed by atoms with E-state index in [4.69, 9.17) is 8.83 Å². The lowest BCUT2D eigenvalue weighted by Gasteiger charge is -2.39. The van der Waals surface area contributed by atoms with Crippen LogP contribution >= 0.6 is 0 Å². The van der Waals surface area contributed by atoms with Gasteiger partial charge < -0.3 is 29.1 Å². The summed E-state index contributed by atoms with van der Waals surface area (Å²) >= 11 is 0. The molecule has 246 valence electrons. The third-order valence-electron chi connectivity index (χ3n) is 9.70. The summed E-state index contributed by atoms with van der Waals surface area (Å²) in [6, 6.07) is 16.7. The van der Waals surface area contributed by atoms with Crippen LogP contribution in [0, 0.1) is 0 Å². The van der Waals surface area contributed by atoms with Crippen LogP contribution in [0.25, 0.3) is 22.2 Å². The summed E-state index contributed by atoms with van der Waals surface area (Å²) in [4.78, 5) is 39.5. The van der Waals surface area contributed by atoms with E-state index in [1.54, 1.807) is 4.90 Å². The average Bonchev–Trinajstić information content (AvgIpc) is 3.71. The molecule has 5 heterocycles. The van der Waals surface area contributed by atoms with Gasteiger partial charge in [-0.25, -0.2) is 4.79 Å². The molecule has 46 heavy (non-hydrogen) atoms. The molecule has 3 saturated heterocycles. The Morgan fingerprint density at radius 1 is 0.761 bits per heavy atom. The van der Waals surface area contributed by atoms with E-state index in [1.165, 1.54) is 19.3 Å². The quantitative estimate of drug-likeness (QED) is 0.257. The molecule has 0 spiro atoms. The maximum Gasteiger partial charge on any atom is 0.326 e. The molecule has 2 N–H and O–H groups in total. The van der Waals surface area contributed by atoms with Crippen LogP contribution in [-0.4, -0.2) is 82.2 Å². The van der Waals surface area contributed by atoms with Gasteiger partial charge in [0.1, 0.15) is 23.1 Å². The normalized spacial score (nSPS) is 24.0. The Kier molecular flexibility index (Phi) is 10.1. The third-order valence-corrected chi connectivity index (χ3v) is 9.70. The standard InChI is InChI=1S/C22H32N4O2.C13H14N2O3/c1-16-8-7-9-17(2)25(16)15-13-23-21(27)19-11-5-6-14-26(19)22-24-18-10-3-4-12-20(18)28-22;16-12(17)10-6-3-4-8-15(10)13-14-9-5-1-2-7-11(9)18-13/h3-4,10,12,16-17,19H,5-9,11,13-15H2,1-2H3,(H,23,27);1-2,5,7,10H,3-4,6,8H2,(H,16,17)/t16-,17+,19-;10-/m00/s1. The molecule has 11 nitrogen and oxygen atoms in total. The molecule has 11 heteroatoms. The van der Waals surface area contributed by atoms with Crippen LogP contribution in [0.15, 0.2) is 57.4 Å². The minimum Gasteiger partial charge on any atom is -0.480 e. The van der Waals surface area contributed by atoms with Gasteiger partial charge in [0.2, 0.25) is 5.91 Å². The van der Waals surface area contributed by atoms with Crippen molar-refractivity contribution >= 4 is 46.1 Å². The molecule has 2 aromatic carbocycles. The number of piperidine rings is 3. The largest absolute Gasteiger partial charge is 0.480 e. The Bertz CT molecular complexity index is 1540. The number of carbonyl (C=O) groups excluding carboxylic acids is 1. The van der Waals surface area contributed by atoms with E-state index in [0.717, 1.165) is 61.8 Å². The minimum absolute atomic E-state index is 0.0965. The highest BCUT2D eigenvalue weighted by Crippen LogP contribution is 2.29. The first kappa shape index (κ1) is 31.8. The Balaban J connectivity index is 0.000000178. The highest BCUT2D eigenvalue weighted by Gasteiger charge is 2.33. The highest BCUT2D eigenvalue weighted by atomic mass is 16.4. The minimum atomic E-state index is -0.808. The summed E-state index contributed by atoms with van der Waals surface area (Å²) in [6.45, 7) is 7.71. The molecule has 3 aliphatic rings. The van der Waals surface area contributed by atoms with Crippen molar-refractivity contribution in [3.63, 3.8) is 0 Å². The number of aromatic nitrogens is 2. The molecule has 3 fully saturated rings. The number of fused-ring (bicyclic) bond motifs is 2. The number of likely N-dealkylation sites (tertiary alicyclic amines) is 1. The summed E-state index contributed by atoms with van der Waals surface area (Å²) < 4.78 is 11.6. The zero-order chi connectivity index (χ0) is 32.0. The number of carboxylic acids is 1. The highest BCUT2D eigenvalue weighted by molar-refractivity contribution is 5.85. The SMILES string of the molecule is C[C@@H]1CCC[C@H](C)N1CCNC(=O)[C@@H]1CCCCN1c1nc2ccccc2o1.O=C(O)[C@@H]1CCCCN1c1nc2ccccc2o1. The fraction of sp³-hybridized carbons (Fsp3) is 0.543. The maximum absolute atomic E-state index is 13.0. The van der Waals surface area contributed by atoms with Crippen molar-refractivity contribution in [2.45, 2.75) is 95.8 Å². The summed E-state index contributed by atoms with van der Waals surface area (Å²) in [5, 5.41) is 12.4. The predicted molar refractivity (Wildman–Crippen MR) is 178 cm³/mol. The molecule has 0 saturated carbocycles. The van der Waals surface area contributed by atoms with Crippen molar-refractivity contribution in [2.75, 3.05) is 36.0 Å². The van der Waals surface area contributed by atoms with E-state index in [9.17, 15) is 14.7 Å². The summed E-state index contributed by atoms with van der Waals surface area (Å²) in [7, 11) is 0. The molecule has 0 radical (unpaired) electrons. The summed E-state index contributed by atoms with van der Waals surface area (Å²) in [6.07, 6.45) is 9.36. The second-order valence-corrected chi connectivity index (χ2v) is 12.8. The molecule has 4 aromatic rings. The van der Waals surface area contributed by atoms with Crippen molar-refractivity contribution in [3.8, 4) is 0 Å². The zero-order valence-electron chi connectivity index (χ0n) is 26.9. The van der Waals surface area contributed by atoms with Gasteiger partial charge in [-0.2, -0.15) is 9.97 Å². The van der Waals surface area contributed by atoms with Crippen LogP contribution < -0.4 is 15.1 Å². The van der Waals surface area contributed by atoms with Gasteiger partial charge in [-0.3, -0.25) is 9.69 Å². The molecule has 0 bridgehead atoms. The van der Waals surface area contributed by atoms with Crippen LogP contribution in [0.1, 0.15) is 71.6 Å². The van der Waals surface area contributed by atoms with E-state index < -0.39 is 12.0 Å². The van der Waals surface area contributed by atoms with Crippen molar-refractivity contribution < 1.29 is 23.5 Å². The van der Waals surface area contributed by atoms with E-state index in [1.807, 2.05) is 53.4 Å². The van der Waals surface area contributed by atoms with Gasteiger partial charge in [-0.15, -0.1) is 0 Å². The Hall–Kier alpha value is -4.12. The number of aliphatic carboxylic acids is 1. The predicted octanol–water partition coefficient (Wildman–Crippen LogP) is 5.84. The van der Waals surface area contributed by atoms with Gasteiger partial charge in [0, 0.05) is 38.3 Å². The molecule has 0 unspecified atom stereocenters. The van der Waals surface area contributed by atoms with Gasteiger partial charge in [0.15, 0.2) is 11.2 Å². The second-order valence-electron chi connectivity index (χ2n) is 12.8. The number of carbonyl (C=O) groups is 2. The molecule has 1 amide bonds. The average molecular weight is 631 g/mol. The van der Waals surface area contributed by atoms with Gasteiger partial charge in [0.25, 0.3) is 12.0 Å². The first-order valence-electron chi connectivity index (χ1n) is 16.9. The molecule has 7 rings (SSSR count). The number of hydrogen-bond donors (Lipinski definition) is 2. The maximum atomic E-state index is 13.0. The lowest BCUT2D eigenvalue weighted by molar-refractivity contribution is -0.139. The number of benzene rings is 2. The third kappa shape index (κ3) is 7.14. The number of nitrogens with zero attached hydrogens (tertiary/aromatic N) is 5. The van der Waals surface area contributed by atoms with Crippen molar-refractivity contribution in [1.82, 2.24) is 20.2 Å². The van der Waals surface area contributed by atoms with Crippen molar-refractivity contribution in [2.24, 2.45) is 0 Å². The van der Waals surface area contributed by atoms with Crippen LogP contribution in [-0.2, 0) is 9.59 Å². The second kappa shape index (κ2) is 14.5. The topological polar surface area (TPSA) is 128 Å². The number of para-hydroxylation sites is 4. The molecule has 3 aliphatic heterocycles. The fourth-order valence-corrected chi connectivity index (χ4v) is 7.16. The number of oxazole rings is 2. The lowest BCUT2D eigenvalue weighted by atomic mass is 9.97. The first-order valence-corrected chi connectivity index (χ1v) is 16.9. The van der Waals surface area contributed by atoms with Gasteiger partial charge in [-0.05, 0) is 89.5 Å². The number of anilines is 2. The van der Waals surface area contributed by atoms with E-state index in [0.29, 0.717) is 49.2 Å². The van der Waals surface area contributed by atoms with E-state index >= 15 is 0 Å². The summed E-state index contributed by atoms with van der Waals surface area (Å²) in [5.41, 5.74) is 3.08. The number of carboxylic acid groups (broad SMARTS) is 1. The van der Waals surface area contributed by atoms with Gasteiger partial charge in [0.05, 0.1) is 0 Å². The molecular weight excluding hydrogens is 584 g/mol. The summed E-state index contributed by atoms with van der Waals surface area (Å²) in [5.74, 6) is -0.712. The molecule has 0 aliphatic carbocycles. The number of rotatable bonds is 7. The molecule has 4 atom stereocenters. The van der Waals surface area contributed by atoms with Crippen LogP contribution in [0.4, 0.5) is 12.0 Å². The van der Waals surface area contributed by atoms with Gasteiger partial charge in [-0.1, -0.05) is 30.7 Å². The number of hydrogen-bond acceptors (Lipinski definition) is 9. The van der Waals surface area contributed by atoms with Gasteiger partial charge >= 0.3 is 5.97 Å². The van der Waals surface area contributed by atoms with Crippen LogP contribution in [0.3, 0.4) is 0 Å². The Morgan fingerprint density at radius 3 is 1.83 bits per heavy atom. The van der Waals surface area contributed by atoms with E-state index in [-0.39, 0.29) is 11.9 Å². The molecular formula is C35H46N6O5. The number of nitrogens with one attached hydrogen (secondary N) is 1. The van der Waals surface area contributed by atoms with Crippen LogP contribution in [0.2, 0.25) is 0 Å². The van der Waals surface area contributed by atoms with Crippen LogP contribution in [0.5, 0.6) is 0 Å². The van der Waals surface area contributed by atoms with Crippen molar-refractivity contribution in [1.29, 1.82) is 0 Å². The molecule has 2 aromatic heterocycles. The van der Waals surface area contributed by atoms with Crippen molar-refractivity contribution in [3.05, 3.63) is 48.5 Å². The number of amides is 1. The Morgan fingerprint density at radius 2 is 1.28 bits per heavy atom. The Labute approximate surface area is 269 Å². The smallest absolute Gasteiger partial charge is 0.326 e. The van der Waals surface area contributed by atoms with E-state index in [2.05, 4.69) is 34.0 Å². The fourth-order valence-electron chi connectivity index (χ4n) is 7.16. The first-order chi connectivity index (χ1) is 22.4. The zero-order valence-corrected chi connectivity index (χ0v) is 26.9. The lowest BCUT2D eigenvalue weighted by Crippen LogP contribution is -2.52. The monoisotopic (exact) mass is 630 g/mol.